The summed E-state index contributed by atoms with van der Waals surface area (Å²) in [6.45, 7) is 2.69. The van der Waals surface area contributed by atoms with Crippen LogP contribution in [-0.4, -0.2) is 17.6 Å². The summed E-state index contributed by atoms with van der Waals surface area (Å²) >= 11 is 0. The number of nitrogens with two attached hydrogens (primary N) is 1. The SMILES string of the molecule is Cc1cccc(OCCCCC(N)=NO)c1. The van der Waals surface area contributed by atoms with Crippen molar-refractivity contribution in [2.45, 2.75) is 26.2 Å². The van der Waals surface area contributed by atoms with Crippen molar-refractivity contribution >= 4 is 5.84 Å². The maximum atomic E-state index is 8.33. The van der Waals surface area contributed by atoms with Gasteiger partial charge in [0.15, 0.2) is 0 Å². The van der Waals surface area contributed by atoms with Crippen LogP contribution in [0.1, 0.15) is 24.8 Å². The van der Waals surface area contributed by atoms with E-state index >= 15 is 0 Å². The molecule has 1 aromatic rings. The molecule has 0 aliphatic heterocycles. The smallest absolute Gasteiger partial charge is 0.139 e. The molecule has 3 N–H and O–H groups in total. The van der Waals surface area contributed by atoms with E-state index in [0.717, 1.165) is 18.6 Å². The molecule has 4 heteroatoms. The molecule has 0 bridgehead atoms. The molecule has 0 saturated heterocycles. The Morgan fingerprint density at radius 3 is 2.94 bits per heavy atom. The van der Waals surface area contributed by atoms with Gasteiger partial charge in [-0.25, -0.2) is 0 Å². The summed E-state index contributed by atoms with van der Waals surface area (Å²) in [5.41, 5.74) is 6.53. The first-order chi connectivity index (χ1) is 7.72. The van der Waals surface area contributed by atoms with Gasteiger partial charge in [-0.05, 0) is 37.5 Å². The van der Waals surface area contributed by atoms with E-state index in [1.807, 2.05) is 31.2 Å². The molecule has 0 unspecified atom stereocenters. The minimum atomic E-state index is 0.274. The molecular formula is C12H18N2O2. The first-order valence-corrected chi connectivity index (χ1v) is 5.38. The van der Waals surface area contributed by atoms with Crippen molar-refractivity contribution in [1.29, 1.82) is 0 Å². The molecule has 88 valence electrons. The number of hydrogen-bond donors (Lipinski definition) is 2. The highest BCUT2D eigenvalue weighted by atomic mass is 16.5. The second-order valence-corrected chi connectivity index (χ2v) is 3.71. The summed E-state index contributed by atoms with van der Waals surface area (Å²) in [6, 6.07) is 7.95. The van der Waals surface area contributed by atoms with Gasteiger partial charge in [-0.2, -0.15) is 0 Å². The van der Waals surface area contributed by atoms with Crippen molar-refractivity contribution < 1.29 is 9.94 Å². The van der Waals surface area contributed by atoms with E-state index in [0.29, 0.717) is 13.0 Å². The lowest BCUT2D eigenvalue weighted by Crippen LogP contribution is -2.11. The van der Waals surface area contributed by atoms with Crippen LogP contribution in [-0.2, 0) is 0 Å². The van der Waals surface area contributed by atoms with Gasteiger partial charge in [0.1, 0.15) is 11.6 Å². The summed E-state index contributed by atoms with van der Waals surface area (Å²) in [5.74, 6) is 1.17. The Bertz CT molecular complexity index is 351. The van der Waals surface area contributed by atoms with Crippen molar-refractivity contribution in [3.63, 3.8) is 0 Å². The average molecular weight is 222 g/mol. The Hall–Kier alpha value is -1.71. The summed E-state index contributed by atoms with van der Waals surface area (Å²) < 4.78 is 5.56. The van der Waals surface area contributed by atoms with Crippen LogP contribution >= 0.6 is 0 Å². The van der Waals surface area contributed by atoms with Crippen molar-refractivity contribution in [2.24, 2.45) is 10.9 Å². The van der Waals surface area contributed by atoms with Gasteiger partial charge in [0.25, 0.3) is 0 Å². The first-order valence-electron chi connectivity index (χ1n) is 5.38. The molecule has 0 fully saturated rings. The number of nitrogens with zero attached hydrogens (tertiary/aromatic N) is 1. The van der Waals surface area contributed by atoms with Gasteiger partial charge in [0.2, 0.25) is 0 Å². The molecule has 0 amide bonds. The maximum absolute atomic E-state index is 8.33. The number of amidine groups is 1. The second kappa shape index (κ2) is 6.71. The minimum absolute atomic E-state index is 0.274. The number of ether oxygens (including phenoxy) is 1. The molecule has 1 rings (SSSR count). The molecule has 4 nitrogen and oxygen atoms in total. The van der Waals surface area contributed by atoms with Gasteiger partial charge in [-0.3, -0.25) is 0 Å². The average Bonchev–Trinajstić information content (AvgIpc) is 2.28. The lowest BCUT2D eigenvalue weighted by molar-refractivity contribution is 0.304. The molecule has 0 spiro atoms. The van der Waals surface area contributed by atoms with E-state index < -0.39 is 0 Å². The van der Waals surface area contributed by atoms with Crippen LogP contribution in [0.4, 0.5) is 0 Å². The van der Waals surface area contributed by atoms with E-state index in [1.165, 1.54) is 5.56 Å². The zero-order valence-electron chi connectivity index (χ0n) is 9.52. The second-order valence-electron chi connectivity index (χ2n) is 3.71. The van der Waals surface area contributed by atoms with Gasteiger partial charge < -0.3 is 15.7 Å². The topological polar surface area (TPSA) is 67.8 Å². The van der Waals surface area contributed by atoms with Crippen molar-refractivity contribution in [2.75, 3.05) is 6.61 Å². The quantitative estimate of drug-likeness (QED) is 0.255. The van der Waals surface area contributed by atoms with Crippen LogP contribution in [0.3, 0.4) is 0 Å². The monoisotopic (exact) mass is 222 g/mol. The minimum Gasteiger partial charge on any atom is -0.494 e. The standard InChI is InChI=1S/C12H18N2O2/c1-10-5-4-6-11(9-10)16-8-3-2-7-12(13)14-15/h4-6,9,15H,2-3,7-8H2,1H3,(H2,13,14). The zero-order valence-corrected chi connectivity index (χ0v) is 9.52. The van der Waals surface area contributed by atoms with Gasteiger partial charge in [0, 0.05) is 6.42 Å². The Balaban J connectivity index is 2.16. The van der Waals surface area contributed by atoms with Gasteiger partial charge >= 0.3 is 0 Å². The molecule has 0 aliphatic rings. The Morgan fingerprint density at radius 2 is 2.25 bits per heavy atom. The third-order valence-corrected chi connectivity index (χ3v) is 2.21. The molecule has 0 heterocycles. The number of benzene rings is 1. The molecule has 0 aliphatic carbocycles. The predicted octanol–water partition coefficient (Wildman–Crippen LogP) is 2.29. The molecular weight excluding hydrogens is 204 g/mol. The third-order valence-electron chi connectivity index (χ3n) is 2.21. The number of hydrogen-bond acceptors (Lipinski definition) is 3. The maximum Gasteiger partial charge on any atom is 0.139 e. The van der Waals surface area contributed by atoms with Gasteiger partial charge in [0.05, 0.1) is 6.61 Å². The highest BCUT2D eigenvalue weighted by Crippen LogP contribution is 2.12. The molecule has 16 heavy (non-hydrogen) atoms. The van der Waals surface area contributed by atoms with Gasteiger partial charge in [-0.1, -0.05) is 17.3 Å². The first kappa shape index (κ1) is 12.4. The summed E-state index contributed by atoms with van der Waals surface area (Å²) in [7, 11) is 0. The number of aryl methyl sites for hydroxylation is 1. The van der Waals surface area contributed by atoms with E-state index in [-0.39, 0.29) is 5.84 Å². The fraction of sp³-hybridized carbons (Fsp3) is 0.417. The van der Waals surface area contributed by atoms with Crippen LogP contribution in [0, 0.1) is 6.92 Å². The third kappa shape index (κ3) is 4.68. The van der Waals surface area contributed by atoms with Crippen LogP contribution < -0.4 is 10.5 Å². The Morgan fingerprint density at radius 1 is 1.44 bits per heavy atom. The van der Waals surface area contributed by atoms with E-state index in [9.17, 15) is 0 Å². The predicted molar refractivity (Wildman–Crippen MR) is 63.9 cm³/mol. The fourth-order valence-corrected chi connectivity index (χ4v) is 1.35. The van der Waals surface area contributed by atoms with Gasteiger partial charge in [-0.15, -0.1) is 0 Å². The van der Waals surface area contributed by atoms with E-state index in [4.69, 9.17) is 15.7 Å². The lowest BCUT2D eigenvalue weighted by atomic mass is 10.2. The normalized spacial score (nSPS) is 11.4. The van der Waals surface area contributed by atoms with Crippen molar-refractivity contribution in [3.8, 4) is 5.75 Å². The largest absolute Gasteiger partial charge is 0.494 e. The zero-order chi connectivity index (χ0) is 11.8. The molecule has 0 radical (unpaired) electrons. The van der Waals surface area contributed by atoms with Crippen LogP contribution in [0.5, 0.6) is 5.75 Å². The van der Waals surface area contributed by atoms with Crippen LogP contribution in [0.2, 0.25) is 0 Å². The van der Waals surface area contributed by atoms with Crippen molar-refractivity contribution in [1.82, 2.24) is 0 Å². The summed E-state index contributed by atoms with van der Waals surface area (Å²) in [4.78, 5) is 0. The lowest BCUT2D eigenvalue weighted by Gasteiger charge is -2.06. The molecule has 0 saturated carbocycles. The van der Waals surface area contributed by atoms with Crippen LogP contribution in [0.25, 0.3) is 0 Å². The number of oxime groups is 1. The highest BCUT2D eigenvalue weighted by molar-refractivity contribution is 5.79. The molecule has 0 atom stereocenters. The Kier molecular flexibility index (Phi) is 5.19. The summed E-state index contributed by atoms with van der Waals surface area (Å²) in [5, 5.41) is 11.2. The highest BCUT2D eigenvalue weighted by Gasteiger charge is 1.96. The van der Waals surface area contributed by atoms with E-state index in [1.54, 1.807) is 0 Å². The number of unbranched alkanes of at least 4 members (excludes halogenated alkanes) is 1. The molecule has 1 aromatic carbocycles. The molecule has 0 aromatic heterocycles. The number of rotatable bonds is 6. The van der Waals surface area contributed by atoms with E-state index in [2.05, 4.69) is 5.16 Å². The Labute approximate surface area is 95.7 Å². The fourth-order valence-electron chi connectivity index (χ4n) is 1.35. The van der Waals surface area contributed by atoms with Crippen molar-refractivity contribution in [3.05, 3.63) is 29.8 Å². The summed E-state index contributed by atoms with van der Waals surface area (Å²) in [6.07, 6.45) is 2.36. The van der Waals surface area contributed by atoms with Crippen LogP contribution in [0.15, 0.2) is 29.4 Å².